The van der Waals surface area contributed by atoms with Gasteiger partial charge in [0.05, 0.1) is 17.0 Å². The first-order chi connectivity index (χ1) is 11.7. The van der Waals surface area contributed by atoms with Gasteiger partial charge in [0, 0.05) is 38.4 Å². The number of piperidine rings is 1. The zero-order valence-corrected chi connectivity index (χ0v) is 14.1. The van der Waals surface area contributed by atoms with Crippen molar-refractivity contribution in [1.82, 2.24) is 9.80 Å². The molecule has 3 fully saturated rings. The largest absolute Gasteiger partial charge is 0.368 e. The Bertz CT molecular complexity index is 653. The third kappa shape index (κ3) is 2.65. The van der Waals surface area contributed by atoms with Crippen molar-refractivity contribution in [3.05, 3.63) is 29.8 Å². The third-order valence-corrected chi connectivity index (χ3v) is 5.94. The van der Waals surface area contributed by atoms with Crippen LogP contribution in [0.4, 0.5) is 5.69 Å². The van der Waals surface area contributed by atoms with Gasteiger partial charge in [-0.15, -0.1) is 0 Å². The van der Waals surface area contributed by atoms with Gasteiger partial charge in [-0.05, 0) is 56.6 Å². The minimum atomic E-state index is -0.0884. The molecule has 5 heteroatoms. The van der Waals surface area contributed by atoms with E-state index in [1.54, 1.807) is 0 Å². The van der Waals surface area contributed by atoms with Gasteiger partial charge in [0.2, 0.25) is 5.91 Å². The van der Waals surface area contributed by atoms with Crippen molar-refractivity contribution in [2.75, 3.05) is 50.7 Å². The molecular formula is C19H24N4O. The molecule has 3 aliphatic rings. The third-order valence-electron chi connectivity index (χ3n) is 5.94. The van der Waals surface area contributed by atoms with Gasteiger partial charge in [0.25, 0.3) is 0 Å². The second-order valence-corrected chi connectivity index (χ2v) is 7.35. The molecule has 2 unspecified atom stereocenters. The number of nitriles is 1. The number of piperazine rings is 1. The number of anilines is 1. The van der Waals surface area contributed by atoms with Gasteiger partial charge in [-0.2, -0.15) is 5.26 Å². The molecule has 126 valence electrons. The van der Waals surface area contributed by atoms with Gasteiger partial charge < -0.3 is 14.7 Å². The zero-order chi connectivity index (χ0) is 16.6. The summed E-state index contributed by atoms with van der Waals surface area (Å²) >= 11 is 0. The monoisotopic (exact) mass is 324 g/mol. The molecule has 5 nitrogen and oxygen atoms in total. The van der Waals surface area contributed by atoms with E-state index in [0.29, 0.717) is 11.5 Å². The van der Waals surface area contributed by atoms with Gasteiger partial charge in [-0.1, -0.05) is 0 Å². The van der Waals surface area contributed by atoms with Crippen LogP contribution in [0.3, 0.4) is 0 Å². The Morgan fingerprint density at radius 2 is 1.75 bits per heavy atom. The van der Waals surface area contributed by atoms with Crippen LogP contribution in [0.25, 0.3) is 0 Å². The van der Waals surface area contributed by atoms with Gasteiger partial charge in [0.1, 0.15) is 0 Å². The number of hydrogen-bond donors (Lipinski definition) is 0. The van der Waals surface area contributed by atoms with Crippen LogP contribution >= 0.6 is 0 Å². The first-order valence-corrected chi connectivity index (χ1v) is 8.97. The quantitative estimate of drug-likeness (QED) is 0.831. The van der Waals surface area contributed by atoms with Crippen LogP contribution in [0.1, 0.15) is 24.8 Å². The average molecular weight is 324 g/mol. The highest BCUT2D eigenvalue weighted by atomic mass is 16.2. The summed E-state index contributed by atoms with van der Waals surface area (Å²) in [7, 11) is 0. The van der Waals surface area contributed by atoms with Crippen LogP contribution in [-0.4, -0.2) is 61.5 Å². The summed E-state index contributed by atoms with van der Waals surface area (Å²) in [5.74, 6) is 0.393. The molecule has 2 bridgehead atoms. The van der Waals surface area contributed by atoms with Crippen LogP contribution in [0.15, 0.2) is 24.3 Å². The molecule has 1 aromatic carbocycles. The summed E-state index contributed by atoms with van der Waals surface area (Å²) < 4.78 is 0. The Labute approximate surface area is 143 Å². The van der Waals surface area contributed by atoms with E-state index in [-0.39, 0.29) is 5.41 Å². The molecule has 0 saturated carbocycles. The molecule has 3 heterocycles. The summed E-state index contributed by atoms with van der Waals surface area (Å²) in [5.41, 5.74) is 1.74. The smallest absolute Gasteiger partial charge is 0.230 e. The molecule has 2 atom stereocenters. The average Bonchev–Trinajstić information content (AvgIpc) is 2.96. The highest BCUT2D eigenvalue weighted by molar-refractivity contribution is 5.84. The molecule has 3 aliphatic heterocycles. The van der Waals surface area contributed by atoms with E-state index >= 15 is 0 Å². The van der Waals surface area contributed by atoms with Crippen molar-refractivity contribution < 1.29 is 4.79 Å². The van der Waals surface area contributed by atoms with Crippen LogP contribution in [0.2, 0.25) is 0 Å². The van der Waals surface area contributed by atoms with Crippen LogP contribution < -0.4 is 4.90 Å². The van der Waals surface area contributed by atoms with Gasteiger partial charge in [-0.25, -0.2) is 0 Å². The molecule has 24 heavy (non-hydrogen) atoms. The molecule has 3 saturated heterocycles. The molecule has 0 radical (unpaired) electrons. The number of carbonyl (C=O) groups excluding carboxylic acids is 1. The number of fused-ring (bicyclic) bond motifs is 2. The van der Waals surface area contributed by atoms with Crippen LogP contribution in [0.5, 0.6) is 0 Å². The van der Waals surface area contributed by atoms with Crippen LogP contribution in [-0.2, 0) is 4.79 Å². The summed E-state index contributed by atoms with van der Waals surface area (Å²) in [6.45, 7) is 6.59. The minimum Gasteiger partial charge on any atom is -0.368 e. The Balaban J connectivity index is 1.39. The fraction of sp³-hybridized carbons (Fsp3) is 0.579. The summed E-state index contributed by atoms with van der Waals surface area (Å²) in [6, 6.07) is 9.89. The molecule has 0 aliphatic carbocycles. The van der Waals surface area contributed by atoms with Gasteiger partial charge >= 0.3 is 0 Å². The lowest BCUT2D eigenvalue weighted by atomic mass is 9.79. The van der Waals surface area contributed by atoms with Crippen molar-refractivity contribution in [3.63, 3.8) is 0 Å². The number of carbonyl (C=O) groups is 1. The highest BCUT2D eigenvalue weighted by Gasteiger charge is 2.48. The van der Waals surface area contributed by atoms with E-state index in [9.17, 15) is 4.79 Å². The van der Waals surface area contributed by atoms with E-state index in [0.717, 1.165) is 64.2 Å². The Hall–Kier alpha value is -2.06. The second-order valence-electron chi connectivity index (χ2n) is 7.35. The molecule has 1 amide bonds. The number of rotatable bonds is 2. The van der Waals surface area contributed by atoms with Gasteiger partial charge in [-0.3, -0.25) is 4.79 Å². The van der Waals surface area contributed by atoms with E-state index in [1.165, 1.54) is 6.54 Å². The molecule has 0 aromatic heterocycles. The molecule has 4 rings (SSSR count). The topological polar surface area (TPSA) is 50.6 Å². The number of nitrogens with zero attached hydrogens (tertiary/aromatic N) is 4. The summed E-state index contributed by atoms with van der Waals surface area (Å²) in [4.78, 5) is 20.0. The number of hydrogen-bond acceptors (Lipinski definition) is 4. The van der Waals surface area contributed by atoms with Crippen molar-refractivity contribution >= 4 is 11.6 Å². The van der Waals surface area contributed by atoms with Gasteiger partial charge in [0.15, 0.2) is 0 Å². The Morgan fingerprint density at radius 3 is 2.46 bits per heavy atom. The number of amides is 1. The van der Waals surface area contributed by atoms with Crippen molar-refractivity contribution in [2.45, 2.75) is 19.3 Å². The first-order valence-electron chi connectivity index (χ1n) is 8.97. The minimum absolute atomic E-state index is 0.0884. The fourth-order valence-corrected chi connectivity index (χ4v) is 4.53. The Morgan fingerprint density at radius 1 is 1.00 bits per heavy atom. The van der Waals surface area contributed by atoms with E-state index in [2.05, 4.69) is 20.8 Å². The lowest BCUT2D eigenvalue weighted by Gasteiger charge is -2.41. The maximum Gasteiger partial charge on any atom is 0.230 e. The maximum atomic E-state index is 13.1. The van der Waals surface area contributed by atoms with E-state index in [4.69, 9.17) is 5.26 Å². The first kappa shape index (κ1) is 15.5. The molecule has 1 aromatic rings. The lowest BCUT2D eigenvalue weighted by Crippen LogP contribution is -2.54. The van der Waals surface area contributed by atoms with E-state index in [1.807, 2.05) is 24.3 Å². The van der Waals surface area contributed by atoms with Crippen LogP contribution in [0, 0.1) is 16.7 Å². The number of benzene rings is 1. The predicted octanol–water partition coefficient (Wildman–Crippen LogP) is 1.69. The molecule has 0 spiro atoms. The SMILES string of the molecule is N#Cc1ccc(N2CCN(C(=O)C34CCCN(CC3)C4)CC2)cc1. The van der Waals surface area contributed by atoms with E-state index < -0.39 is 0 Å². The lowest BCUT2D eigenvalue weighted by molar-refractivity contribution is -0.143. The normalized spacial score (nSPS) is 29.4. The standard InChI is InChI=1S/C19H24N4O/c20-14-16-2-4-17(5-3-16)22-10-12-23(13-11-22)18(24)19-6-1-8-21(15-19)9-7-19/h2-5H,1,6-13,15H2. The molecular weight excluding hydrogens is 300 g/mol. The highest BCUT2D eigenvalue weighted by Crippen LogP contribution is 2.41. The maximum absolute atomic E-state index is 13.1. The zero-order valence-electron chi connectivity index (χ0n) is 14.1. The Kier molecular flexibility index (Phi) is 3.93. The van der Waals surface area contributed by atoms with Crippen molar-refractivity contribution in [2.24, 2.45) is 5.41 Å². The summed E-state index contributed by atoms with van der Waals surface area (Å²) in [6.07, 6.45) is 3.27. The van der Waals surface area contributed by atoms with Crippen molar-refractivity contribution in [3.8, 4) is 6.07 Å². The fourth-order valence-electron chi connectivity index (χ4n) is 4.53. The van der Waals surface area contributed by atoms with Crippen molar-refractivity contribution in [1.29, 1.82) is 5.26 Å². The predicted molar refractivity (Wildman–Crippen MR) is 92.7 cm³/mol. The summed E-state index contributed by atoms with van der Waals surface area (Å²) in [5, 5.41) is 8.90. The second kappa shape index (κ2) is 6.10. The molecule has 0 N–H and O–H groups in total.